The van der Waals surface area contributed by atoms with Crippen LogP contribution in [0.25, 0.3) is 0 Å². The summed E-state index contributed by atoms with van der Waals surface area (Å²) in [6.45, 7) is 0. The molecule has 70 valence electrons. The number of carbonyl (C=O) groups excluding carboxylic acids is 1. The molecule has 4 nitrogen and oxygen atoms in total. The summed E-state index contributed by atoms with van der Waals surface area (Å²) < 4.78 is 0. The van der Waals surface area contributed by atoms with E-state index < -0.39 is 0 Å². The van der Waals surface area contributed by atoms with Gasteiger partial charge in [-0.2, -0.15) is 0 Å². The second-order valence-electron chi connectivity index (χ2n) is 2.66. The molecule has 2 rings (SSSR count). The normalized spacial score (nSPS) is 10.0. The molecule has 2 aromatic rings. The van der Waals surface area contributed by atoms with Gasteiger partial charge in [-0.3, -0.25) is 9.78 Å². The number of ketones is 1. The van der Waals surface area contributed by atoms with Crippen molar-refractivity contribution in [2.75, 3.05) is 0 Å². The van der Waals surface area contributed by atoms with E-state index in [1.807, 2.05) is 0 Å². The van der Waals surface area contributed by atoms with Crippen LogP contribution in [0.5, 0.6) is 0 Å². The highest BCUT2D eigenvalue weighted by Crippen LogP contribution is 2.09. The molecule has 2 aromatic heterocycles. The highest BCUT2D eigenvalue weighted by Gasteiger charge is 2.08. The number of thiazole rings is 1. The van der Waals surface area contributed by atoms with Crippen LogP contribution in [0, 0.1) is 0 Å². The van der Waals surface area contributed by atoms with Crippen LogP contribution in [0.1, 0.15) is 15.4 Å². The monoisotopic (exact) mass is 205 g/mol. The van der Waals surface area contributed by atoms with E-state index in [1.54, 1.807) is 24.0 Å². The van der Waals surface area contributed by atoms with E-state index in [0.29, 0.717) is 12.1 Å². The highest BCUT2D eigenvalue weighted by molar-refractivity contribution is 7.09. The minimum absolute atomic E-state index is 0.00310. The Balaban J connectivity index is 2.11. The van der Waals surface area contributed by atoms with Crippen LogP contribution in [0.3, 0.4) is 0 Å². The van der Waals surface area contributed by atoms with Crippen LogP contribution in [-0.2, 0) is 6.42 Å². The SMILES string of the molecule is O=C(Cc1cncs1)c1ccncn1. The van der Waals surface area contributed by atoms with Crippen LogP contribution in [0.15, 0.2) is 30.3 Å². The number of hydrogen-bond donors (Lipinski definition) is 0. The molecular weight excluding hydrogens is 198 g/mol. The summed E-state index contributed by atoms with van der Waals surface area (Å²) >= 11 is 1.47. The standard InChI is InChI=1S/C9H7N3OS/c13-9(3-7-4-11-6-14-7)8-1-2-10-5-12-8/h1-2,4-6H,3H2. The Morgan fingerprint density at radius 1 is 1.43 bits per heavy atom. The van der Waals surface area contributed by atoms with Gasteiger partial charge in [-0.05, 0) is 6.07 Å². The summed E-state index contributed by atoms with van der Waals surface area (Å²) in [5.74, 6) is -0.00310. The molecule has 0 N–H and O–H groups in total. The number of aromatic nitrogens is 3. The van der Waals surface area contributed by atoms with E-state index >= 15 is 0 Å². The lowest BCUT2D eigenvalue weighted by Gasteiger charge is -1.95. The van der Waals surface area contributed by atoms with Crippen molar-refractivity contribution < 1.29 is 4.79 Å². The molecule has 0 saturated heterocycles. The molecule has 0 fully saturated rings. The number of rotatable bonds is 3. The van der Waals surface area contributed by atoms with Crippen LogP contribution < -0.4 is 0 Å². The molecule has 0 unspecified atom stereocenters. The predicted molar refractivity (Wildman–Crippen MR) is 52.2 cm³/mol. The van der Waals surface area contributed by atoms with Gasteiger partial charge in [0.1, 0.15) is 12.0 Å². The first-order chi connectivity index (χ1) is 6.86. The van der Waals surface area contributed by atoms with E-state index in [1.165, 1.54) is 17.7 Å². The van der Waals surface area contributed by atoms with Crippen molar-refractivity contribution in [3.05, 3.63) is 40.9 Å². The summed E-state index contributed by atoms with van der Waals surface area (Å²) in [4.78, 5) is 24.1. The highest BCUT2D eigenvalue weighted by atomic mass is 32.1. The first-order valence-electron chi connectivity index (χ1n) is 4.03. The summed E-state index contributed by atoms with van der Waals surface area (Å²) in [6.07, 6.45) is 5.00. The third kappa shape index (κ3) is 2.00. The molecule has 5 heteroatoms. The van der Waals surface area contributed by atoms with Crippen molar-refractivity contribution in [2.45, 2.75) is 6.42 Å². The molecule has 0 amide bonds. The van der Waals surface area contributed by atoms with Gasteiger partial charge in [-0.1, -0.05) is 0 Å². The molecular formula is C9H7N3OS. The third-order valence-electron chi connectivity index (χ3n) is 1.69. The van der Waals surface area contributed by atoms with Gasteiger partial charge in [-0.25, -0.2) is 9.97 Å². The van der Waals surface area contributed by atoms with Crippen molar-refractivity contribution in [3.63, 3.8) is 0 Å². The van der Waals surface area contributed by atoms with Gasteiger partial charge in [-0.15, -0.1) is 11.3 Å². The fourth-order valence-electron chi connectivity index (χ4n) is 1.03. The first-order valence-corrected chi connectivity index (χ1v) is 4.91. The Labute approximate surface area is 84.7 Å². The average Bonchev–Trinajstić information content (AvgIpc) is 2.72. The van der Waals surface area contributed by atoms with Gasteiger partial charge in [0.25, 0.3) is 0 Å². The van der Waals surface area contributed by atoms with E-state index in [0.717, 1.165) is 4.88 Å². The van der Waals surface area contributed by atoms with Crippen LogP contribution in [0.2, 0.25) is 0 Å². The zero-order valence-electron chi connectivity index (χ0n) is 7.25. The molecule has 0 atom stereocenters. The Hall–Kier alpha value is -1.62. The van der Waals surface area contributed by atoms with Gasteiger partial charge in [0.05, 0.1) is 5.51 Å². The zero-order chi connectivity index (χ0) is 9.80. The lowest BCUT2D eigenvalue weighted by Crippen LogP contribution is -2.04. The second-order valence-corrected chi connectivity index (χ2v) is 3.63. The van der Waals surface area contributed by atoms with Crippen molar-refractivity contribution in [1.82, 2.24) is 15.0 Å². The molecule has 0 aromatic carbocycles. The van der Waals surface area contributed by atoms with Crippen molar-refractivity contribution in [2.24, 2.45) is 0 Å². The van der Waals surface area contributed by atoms with Crippen molar-refractivity contribution >= 4 is 17.1 Å². The average molecular weight is 205 g/mol. The predicted octanol–water partition coefficient (Wildman–Crippen LogP) is 1.36. The summed E-state index contributed by atoms with van der Waals surface area (Å²) in [5.41, 5.74) is 2.16. The maximum atomic E-state index is 11.6. The number of nitrogens with zero attached hydrogens (tertiary/aromatic N) is 3. The number of Topliss-reactive ketones (excluding diaryl/α,β-unsaturated/α-hetero) is 1. The lowest BCUT2D eigenvalue weighted by molar-refractivity contribution is 0.0989. The van der Waals surface area contributed by atoms with E-state index in [2.05, 4.69) is 15.0 Å². The Morgan fingerprint density at radius 2 is 2.36 bits per heavy atom. The lowest BCUT2D eigenvalue weighted by atomic mass is 10.2. The smallest absolute Gasteiger partial charge is 0.186 e. The summed E-state index contributed by atoms with van der Waals surface area (Å²) in [6, 6.07) is 1.61. The maximum absolute atomic E-state index is 11.6. The van der Waals surface area contributed by atoms with Crippen LogP contribution in [0.4, 0.5) is 0 Å². The fourth-order valence-corrected chi connectivity index (χ4v) is 1.63. The second kappa shape index (κ2) is 4.06. The summed E-state index contributed by atoms with van der Waals surface area (Å²) in [5, 5.41) is 0. The molecule has 2 heterocycles. The van der Waals surface area contributed by atoms with Gasteiger partial charge in [0.15, 0.2) is 5.78 Å². The van der Waals surface area contributed by atoms with Gasteiger partial charge in [0, 0.05) is 23.7 Å². The topological polar surface area (TPSA) is 55.7 Å². The Kier molecular flexibility index (Phi) is 2.60. The van der Waals surface area contributed by atoms with E-state index in [9.17, 15) is 4.79 Å². The zero-order valence-corrected chi connectivity index (χ0v) is 8.07. The molecule has 0 aliphatic rings. The van der Waals surface area contributed by atoms with Crippen molar-refractivity contribution in [1.29, 1.82) is 0 Å². The Bertz CT molecular complexity index is 413. The van der Waals surface area contributed by atoms with E-state index in [-0.39, 0.29) is 5.78 Å². The quantitative estimate of drug-likeness (QED) is 0.710. The van der Waals surface area contributed by atoms with Crippen molar-refractivity contribution in [3.8, 4) is 0 Å². The van der Waals surface area contributed by atoms with Gasteiger partial charge >= 0.3 is 0 Å². The van der Waals surface area contributed by atoms with Gasteiger partial charge in [0.2, 0.25) is 0 Å². The molecule has 0 bridgehead atoms. The third-order valence-corrected chi connectivity index (χ3v) is 2.47. The van der Waals surface area contributed by atoms with Crippen LogP contribution in [-0.4, -0.2) is 20.7 Å². The minimum atomic E-state index is -0.00310. The largest absolute Gasteiger partial charge is 0.292 e. The number of hydrogen-bond acceptors (Lipinski definition) is 5. The molecule has 0 saturated carbocycles. The number of carbonyl (C=O) groups is 1. The summed E-state index contributed by atoms with van der Waals surface area (Å²) in [7, 11) is 0. The minimum Gasteiger partial charge on any atom is -0.292 e. The van der Waals surface area contributed by atoms with E-state index in [4.69, 9.17) is 0 Å². The molecule has 14 heavy (non-hydrogen) atoms. The molecule has 0 aliphatic carbocycles. The molecule has 0 spiro atoms. The molecule has 0 radical (unpaired) electrons. The van der Waals surface area contributed by atoms with Gasteiger partial charge < -0.3 is 0 Å². The Morgan fingerprint density at radius 3 is 3.00 bits per heavy atom. The molecule has 0 aliphatic heterocycles. The first kappa shape index (κ1) is 8.96. The fraction of sp³-hybridized carbons (Fsp3) is 0.111. The van der Waals surface area contributed by atoms with Crippen LogP contribution >= 0.6 is 11.3 Å². The maximum Gasteiger partial charge on any atom is 0.186 e.